The van der Waals surface area contributed by atoms with Crippen molar-refractivity contribution < 1.29 is 9.18 Å². The maximum atomic E-state index is 13.5. The van der Waals surface area contributed by atoms with E-state index in [0.29, 0.717) is 12.1 Å². The summed E-state index contributed by atoms with van der Waals surface area (Å²) in [5.41, 5.74) is 1.41. The third-order valence-corrected chi connectivity index (χ3v) is 2.66. The van der Waals surface area contributed by atoms with Gasteiger partial charge in [-0.25, -0.2) is 4.39 Å². The highest BCUT2D eigenvalue weighted by Gasteiger charge is 2.12. The number of hydrogen-bond donors (Lipinski definition) is 2. The average Bonchev–Trinajstić information content (AvgIpc) is 2.42. The number of para-hydroxylation sites is 2. The van der Waals surface area contributed by atoms with Crippen molar-refractivity contribution in [2.75, 3.05) is 17.2 Å². The molecular weight excluding hydrogens is 243 g/mol. The van der Waals surface area contributed by atoms with Gasteiger partial charge in [0.1, 0.15) is 5.82 Å². The van der Waals surface area contributed by atoms with Crippen LogP contribution >= 0.6 is 0 Å². The molecule has 0 saturated carbocycles. The van der Waals surface area contributed by atoms with Gasteiger partial charge in [0.2, 0.25) is 0 Å². The lowest BCUT2D eigenvalue weighted by atomic mass is 10.1. The van der Waals surface area contributed by atoms with Crippen LogP contribution in [0.1, 0.15) is 17.3 Å². The minimum absolute atomic E-state index is 0.179. The molecule has 0 aliphatic heterocycles. The zero-order valence-electron chi connectivity index (χ0n) is 10.6. The SMILES string of the molecule is CCNc1ccccc1C(=O)Nc1ccccc1F. The van der Waals surface area contributed by atoms with Crippen molar-refractivity contribution in [3.63, 3.8) is 0 Å². The molecular formula is C15H15FN2O. The molecule has 0 bridgehead atoms. The van der Waals surface area contributed by atoms with Gasteiger partial charge in [-0.3, -0.25) is 4.79 Å². The van der Waals surface area contributed by atoms with Crippen LogP contribution in [0.3, 0.4) is 0 Å². The molecule has 0 radical (unpaired) electrons. The summed E-state index contributed by atoms with van der Waals surface area (Å²) >= 11 is 0. The molecule has 2 rings (SSSR count). The first-order valence-electron chi connectivity index (χ1n) is 6.11. The summed E-state index contributed by atoms with van der Waals surface area (Å²) in [6.07, 6.45) is 0. The maximum Gasteiger partial charge on any atom is 0.257 e. The minimum atomic E-state index is -0.447. The lowest BCUT2D eigenvalue weighted by Gasteiger charge is -2.11. The first-order valence-corrected chi connectivity index (χ1v) is 6.11. The Bertz CT molecular complexity index is 584. The third kappa shape index (κ3) is 3.10. The predicted octanol–water partition coefficient (Wildman–Crippen LogP) is 3.51. The van der Waals surface area contributed by atoms with Crippen LogP contribution in [0.15, 0.2) is 48.5 Å². The maximum absolute atomic E-state index is 13.5. The number of rotatable bonds is 4. The summed E-state index contributed by atoms with van der Waals surface area (Å²) in [5, 5.41) is 5.67. The van der Waals surface area contributed by atoms with E-state index in [2.05, 4.69) is 10.6 Å². The van der Waals surface area contributed by atoms with Crippen LogP contribution in [-0.2, 0) is 0 Å². The summed E-state index contributed by atoms with van der Waals surface area (Å²) in [4.78, 5) is 12.1. The summed E-state index contributed by atoms with van der Waals surface area (Å²) in [7, 11) is 0. The van der Waals surface area contributed by atoms with E-state index < -0.39 is 5.82 Å². The van der Waals surface area contributed by atoms with Crippen molar-refractivity contribution in [1.29, 1.82) is 0 Å². The van der Waals surface area contributed by atoms with Gasteiger partial charge in [-0.15, -0.1) is 0 Å². The molecule has 2 aromatic carbocycles. The van der Waals surface area contributed by atoms with E-state index in [0.717, 1.165) is 5.69 Å². The van der Waals surface area contributed by atoms with Crippen molar-refractivity contribution in [2.45, 2.75) is 6.92 Å². The van der Waals surface area contributed by atoms with Gasteiger partial charge < -0.3 is 10.6 Å². The Morgan fingerprint density at radius 3 is 2.37 bits per heavy atom. The largest absolute Gasteiger partial charge is 0.385 e. The fourth-order valence-corrected chi connectivity index (χ4v) is 1.78. The van der Waals surface area contributed by atoms with Crippen LogP contribution in [0, 0.1) is 5.82 Å². The molecule has 0 saturated heterocycles. The highest BCUT2D eigenvalue weighted by atomic mass is 19.1. The Morgan fingerprint density at radius 2 is 1.68 bits per heavy atom. The molecule has 3 nitrogen and oxygen atoms in total. The Hall–Kier alpha value is -2.36. The van der Waals surface area contributed by atoms with E-state index in [9.17, 15) is 9.18 Å². The smallest absolute Gasteiger partial charge is 0.257 e. The van der Waals surface area contributed by atoms with Gasteiger partial charge in [0.05, 0.1) is 11.3 Å². The highest BCUT2D eigenvalue weighted by molar-refractivity contribution is 6.08. The highest BCUT2D eigenvalue weighted by Crippen LogP contribution is 2.18. The van der Waals surface area contributed by atoms with Crippen LogP contribution in [0.4, 0.5) is 15.8 Å². The number of anilines is 2. The Labute approximate surface area is 111 Å². The molecule has 2 aromatic rings. The van der Waals surface area contributed by atoms with E-state index in [1.807, 2.05) is 19.1 Å². The van der Waals surface area contributed by atoms with Crippen LogP contribution in [0.25, 0.3) is 0 Å². The molecule has 0 heterocycles. The predicted molar refractivity (Wildman–Crippen MR) is 75.0 cm³/mol. The Balaban J connectivity index is 2.23. The molecule has 0 spiro atoms. The fourth-order valence-electron chi connectivity index (χ4n) is 1.78. The van der Waals surface area contributed by atoms with Crippen LogP contribution in [-0.4, -0.2) is 12.5 Å². The number of carbonyl (C=O) groups is 1. The molecule has 2 N–H and O–H groups in total. The number of amides is 1. The molecule has 0 aliphatic rings. The number of carbonyl (C=O) groups excluding carboxylic acids is 1. The lowest BCUT2D eigenvalue weighted by molar-refractivity contribution is 0.102. The normalized spacial score (nSPS) is 10.0. The molecule has 0 aliphatic carbocycles. The van der Waals surface area contributed by atoms with Crippen LogP contribution < -0.4 is 10.6 Å². The second kappa shape index (κ2) is 6.00. The van der Waals surface area contributed by atoms with Crippen molar-refractivity contribution in [3.05, 3.63) is 59.9 Å². The number of halogens is 1. The Kier molecular flexibility index (Phi) is 4.13. The molecule has 0 aromatic heterocycles. The second-order valence-electron chi connectivity index (χ2n) is 4.01. The number of benzene rings is 2. The summed E-state index contributed by atoms with van der Waals surface area (Å²) in [5.74, 6) is -0.779. The number of hydrogen-bond acceptors (Lipinski definition) is 2. The zero-order valence-corrected chi connectivity index (χ0v) is 10.6. The van der Waals surface area contributed by atoms with Gasteiger partial charge >= 0.3 is 0 Å². The van der Waals surface area contributed by atoms with E-state index in [1.165, 1.54) is 12.1 Å². The van der Waals surface area contributed by atoms with Gasteiger partial charge in [-0.1, -0.05) is 24.3 Å². The summed E-state index contributed by atoms with van der Waals surface area (Å²) in [6, 6.07) is 13.2. The molecule has 4 heteroatoms. The summed E-state index contributed by atoms with van der Waals surface area (Å²) in [6.45, 7) is 2.66. The van der Waals surface area contributed by atoms with Crippen molar-refractivity contribution in [1.82, 2.24) is 0 Å². The first kappa shape index (κ1) is 13.1. The second-order valence-corrected chi connectivity index (χ2v) is 4.01. The summed E-state index contributed by atoms with van der Waals surface area (Å²) < 4.78 is 13.5. The molecule has 0 fully saturated rings. The van der Waals surface area contributed by atoms with Crippen molar-refractivity contribution in [2.24, 2.45) is 0 Å². The van der Waals surface area contributed by atoms with Gasteiger partial charge in [-0.05, 0) is 31.2 Å². The average molecular weight is 258 g/mol. The van der Waals surface area contributed by atoms with Gasteiger partial charge in [-0.2, -0.15) is 0 Å². The molecule has 98 valence electrons. The van der Waals surface area contributed by atoms with Gasteiger partial charge in [0.25, 0.3) is 5.91 Å². The van der Waals surface area contributed by atoms with Gasteiger partial charge in [0.15, 0.2) is 0 Å². The Morgan fingerprint density at radius 1 is 1.05 bits per heavy atom. The van der Waals surface area contributed by atoms with E-state index >= 15 is 0 Å². The zero-order chi connectivity index (χ0) is 13.7. The minimum Gasteiger partial charge on any atom is -0.385 e. The standard InChI is InChI=1S/C15H15FN2O/c1-2-17-13-9-5-3-7-11(13)15(19)18-14-10-6-4-8-12(14)16/h3-10,17H,2H2,1H3,(H,18,19). The molecule has 19 heavy (non-hydrogen) atoms. The number of nitrogens with one attached hydrogen (secondary N) is 2. The monoisotopic (exact) mass is 258 g/mol. The third-order valence-electron chi connectivity index (χ3n) is 2.66. The first-order chi connectivity index (χ1) is 9.22. The topological polar surface area (TPSA) is 41.1 Å². The van der Waals surface area contributed by atoms with Crippen LogP contribution in [0.5, 0.6) is 0 Å². The molecule has 0 unspecified atom stereocenters. The van der Waals surface area contributed by atoms with Gasteiger partial charge in [0, 0.05) is 12.2 Å². The van der Waals surface area contributed by atoms with Crippen molar-refractivity contribution >= 4 is 17.3 Å². The van der Waals surface area contributed by atoms with Crippen molar-refractivity contribution in [3.8, 4) is 0 Å². The lowest BCUT2D eigenvalue weighted by Crippen LogP contribution is -2.15. The molecule has 0 atom stereocenters. The van der Waals surface area contributed by atoms with E-state index in [-0.39, 0.29) is 11.6 Å². The fraction of sp³-hybridized carbons (Fsp3) is 0.133. The van der Waals surface area contributed by atoms with E-state index in [1.54, 1.807) is 24.3 Å². The quantitative estimate of drug-likeness (QED) is 0.881. The molecule has 1 amide bonds. The van der Waals surface area contributed by atoms with E-state index in [4.69, 9.17) is 0 Å². The van der Waals surface area contributed by atoms with Crippen LogP contribution in [0.2, 0.25) is 0 Å².